The van der Waals surface area contributed by atoms with Crippen LogP contribution in [0.1, 0.15) is 16.7 Å². The van der Waals surface area contributed by atoms with Gasteiger partial charge in [0.25, 0.3) is 0 Å². The Kier molecular flexibility index (Phi) is 5.65. The molecule has 0 amide bonds. The van der Waals surface area contributed by atoms with Crippen molar-refractivity contribution >= 4 is 22.5 Å². The summed E-state index contributed by atoms with van der Waals surface area (Å²) in [6, 6.07) is 24.8. The van der Waals surface area contributed by atoms with E-state index in [0.717, 1.165) is 30.4 Å². The van der Waals surface area contributed by atoms with Crippen LogP contribution in [0.5, 0.6) is 5.75 Å². The van der Waals surface area contributed by atoms with Gasteiger partial charge in [0.1, 0.15) is 5.75 Å². The topological polar surface area (TPSA) is 26.2 Å². The van der Waals surface area contributed by atoms with Crippen LogP contribution in [0.2, 0.25) is 5.02 Å². The molecule has 0 unspecified atom stereocenters. The Bertz CT molecular complexity index is 1070. The molecule has 28 heavy (non-hydrogen) atoms. The fraction of sp³-hybridized carbons (Fsp3) is 0.167. The average molecular weight is 391 g/mol. The Labute approximate surface area is 170 Å². The van der Waals surface area contributed by atoms with E-state index in [9.17, 15) is 0 Å². The largest absolute Gasteiger partial charge is 0.497 e. The fourth-order valence-electron chi connectivity index (χ4n) is 3.51. The van der Waals surface area contributed by atoms with Crippen LogP contribution in [0.15, 0.2) is 79.0 Å². The maximum atomic E-state index is 6.15. The molecule has 1 N–H and O–H groups in total. The van der Waals surface area contributed by atoms with Crippen molar-refractivity contribution in [2.45, 2.75) is 19.6 Å². The van der Waals surface area contributed by atoms with Gasteiger partial charge < -0.3 is 14.6 Å². The Morgan fingerprint density at radius 2 is 1.71 bits per heavy atom. The van der Waals surface area contributed by atoms with Gasteiger partial charge in [0.05, 0.1) is 7.11 Å². The molecule has 0 radical (unpaired) electrons. The summed E-state index contributed by atoms with van der Waals surface area (Å²) in [5, 5.41) is 5.62. The molecule has 0 spiro atoms. The van der Waals surface area contributed by atoms with E-state index in [-0.39, 0.29) is 0 Å². The van der Waals surface area contributed by atoms with Gasteiger partial charge in [0, 0.05) is 41.8 Å². The fourth-order valence-corrected chi connectivity index (χ4v) is 3.72. The molecule has 0 aliphatic rings. The monoisotopic (exact) mass is 390 g/mol. The average Bonchev–Trinajstić information content (AvgIpc) is 3.06. The van der Waals surface area contributed by atoms with E-state index in [1.165, 1.54) is 27.6 Å². The minimum Gasteiger partial charge on any atom is -0.497 e. The van der Waals surface area contributed by atoms with Crippen molar-refractivity contribution in [2.24, 2.45) is 0 Å². The molecule has 4 rings (SSSR count). The number of nitrogens with zero attached hydrogens (tertiary/aromatic N) is 1. The molecule has 0 saturated heterocycles. The molecule has 0 fully saturated rings. The van der Waals surface area contributed by atoms with Crippen LogP contribution >= 0.6 is 11.6 Å². The highest BCUT2D eigenvalue weighted by molar-refractivity contribution is 6.30. The smallest absolute Gasteiger partial charge is 0.118 e. The highest BCUT2D eigenvalue weighted by Gasteiger charge is 2.08. The molecule has 0 aliphatic carbocycles. The number of ether oxygens (including phenoxy) is 1. The molecule has 142 valence electrons. The first-order valence-electron chi connectivity index (χ1n) is 9.38. The molecular formula is C24H23ClN2O. The zero-order valence-electron chi connectivity index (χ0n) is 15.9. The summed E-state index contributed by atoms with van der Waals surface area (Å²) >= 11 is 6.15. The Hall–Kier alpha value is -2.75. The van der Waals surface area contributed by atoms with Gasteiger partial charge in [-0.15, -0.1) is 0 Å². The lowest BCUT2D eigenvalue weighted by Gasteiger charge is -2.06. The van der Waals surface area contributed by atoms with Gasteiger partial charge in [0.15, 0.2) is 0 Å². The normalized spacial score (nSPS) is 11.1. The Morgan fingerprint density at radius 3 is 2.50 bits per heavy atom. The van der Waals surface area contributed by atoms with Gasteiger partial charge in [-0.3, -0.25) is 0 Å². The van der Waals surface area contributed by atoms with Crippen molar-refractivity contribution in [3.05, 3.63) is 101 Å². The van der Waals surface area contributed by atoms with Crippen molar-refractivity contribution in [3.8, 4) is 5.75 Å². The summed E-state index contributed by atoms with van der Waals surface area (Å²) in [4.78, 5) is 0. The first-order chi connectivity index (χ1) is 13.7. The van der Waals surface area contributed by atoms with E-state index in [1.54, 1.807) is 7.11 Å². The molecule has 3 nitrogen and oxygen atoms in total. The SMILES string of the molecule is COc1ccc(CNCc2cn(Cc3cccc(Cl)c3)c3ccccc23)cc1. The number of halogens is 1. The summed E-state index contributed by atoms with van der Waals surface area (Å²) < 4.78 is 7.52. The van der Waals surface area contributed by atoms with E-state index in [1.807, 2.05) is 30.3 Å². The number of nitrogens with one attached hydrogen (secondary N) is 1. The number of hydrogen-bond donors (Lipinski definition) is 1. The number of para-hydroxylation sites is 1. The quantitative estimate of drug-likeness (QED) is 0.442. The van der Waals surface area contributed by atoms with E-state index in [2.05, 4.69) is 58.5 Å². The van der Waals surface area contributed by atoms with Crippen molar-refractivity contribution in [3.63, 3.8) is 0 Å². The zero-order valence-corrected chi connectivity index (χ0v) is 16.6. The van der Waals surface area contributed by atoms with Gasteiger partial charge >= 0.3 is 0 Å². The van der Waals surface area contributed by atoms with E-state index >= 15 is 0 Å². The second-order valence-electron chi connectivity index (χ2n) is 6.88. The van der Waals surface area contributed by atoms with Crippen LogP contribution in [0.25, 0.3) is 10.9 Å². The molecule has 0 saturated carbocycles. The molecular weight excluding hydrogens is 368 g/mol. The second kappa shape index (κ2) is 8.51. The van der Waals surface area contributed by atoms with Crippen LogP contribution in [0.4, 0.5) is 0 Å². The highest BCUT2D eigenvalue weighted by Crippen LogP contribution is 2.23. The van der Waals surface area contributed by atoms with Crippen molar-refractivity contribution in [1.82, 2.24) is 9.88 Å². The highest BCUT2D eigenvalue weighted by atomic mass is 35.5. The number of benzene rings is 3. The maximum absolute atomic E-state index is 6.15. The molecule has 4 heteroatoms. The molecule has 0 bridgehead atoms. The standard InChI is InChI=1S/C24H23ClN2O/c1-28-22-11-9-18(10-12-22)14-26-15-20-17-27(24-8-3-2-7-23(20)24)16-19-5-4-6-21(25)13-19/h2-13,17,26H,14-16H2,1H3. The first kappa shape index (κ1) is 18.6. The summed E-state index contributed by atoms with van der Waals surface area (Å²) in [6.07, 6.45) is 2.24. The first-order valence-corrected chi connectivity index (χ1v) is 9.75. The van der Waals surface area contributed by atoms with Gasteiger partial charge in [-0.25, -0.2) is 0 Å². The third kappa shape index (κ3) is 4.22. The summed E-state index contributed by atoms with van der Waals surface area (Å²) in [7, 11) is 1.69. The number of methoxy groups -OCH3 is 1. The van der Waals surface area contributed by atoms with Crippen molar-refractivity contribution in [1.29, 1.82) is 0 Å². The van der Waals surface area contributed by atoms with Gasteiger partial charge in [-0.05, 0) is 47.0 Å². The van der Waals surface area contributed by atoms with Crippen LogP contribution in [0.3, 0.4) is 0 Å². The third-order valence-corrected chi connectivity index (χ3v) is 5.15. The van der Waals surface area contributed by atoms with Gasteiger partial charge in [-0.2, -0.15) is 0 Å². The van der Waals surface area contributed by atoms with Gasteiger partial charge in [-0.1, -0.05) is 54.1 Å². The summed E-state index contributed by atoms with van der Waals surface area (Å²) in [5.41, 5.74) is 4.98. The zero-order chi connectivity index (χ0) is 19.3. The minimum absolute atomic E-state index is 0.773. The van der Waals surface area contributed by atoms with Crippen molar-refractivity contribution < 1.29 is 4.74 Å². The van der Waals surface area contributed by atoms with Crippen LogP contribution in [-0.2, 0) is 19.6 Å². The van der Waals surface area contributed by atoms with Crippen LogP contribution in [-0.4, -0.2) is 11.7 Å². The maximum Gasteiger partial charge on any atom is 0.118 e. The third-order valence-electron chi connectivity index (χ3n) is 4.92. The second-order valence-corrected chi connectivity index (χ2v) is 7.32. The van der Waals surface area contributed by atoms with Crippen molar-refractivity contribution in [2.75, 3.05) is 7.11 Å². The van der Waals surface area contributed by atoms with Crippen LogP contribution in [0, 0.1) is 0 Å². The van der Waals surface area contributed by atoms with E-state index < -0.39 is 0 Å². The Balaban J connectivity index is 1.50. The summed E-state index contributed by atoms with van der Waals surface area (Å²) in [5.74, 6) is 0.882. The van der Waals surface area contributed by atoms with E-state index in [0.29, 0.717) is 0 Å². The predicted molar refractivity (Wildman–Crippen MR) is 116 cm³/mol. The van der Waals surface area contributed by atoms with Crippen LogP contribution < -0.4 is 10.1 Å². The molecule has 4 aromatic rings. The lowest BCUT2D eigenvalue weighted by Crippen LogP contribution is -2.12. The molecule has 0 aliphatic heterocycles. The predicted octanol–water partition coefficient (Wildman–Crippen LogP) is 5.64. The minimum atomic E-state index is 0.773. The lowest BCUT2D eigenvalue weighted by molar-refractivity contribution is 0.414. The molecule has 1 heterocycles. The molecule has 3 aromatic carbocycles. The number of fused-ring (bicyclic) bond motifs is 1. The number of rotatable bonds is 7. The van der Waals surface area contributed by atoms with E-state index in [4.69, 9.17) is 16.3 Å². The lowest BCUT2D eigenvalue weighted by atomic mass is 10.1. The molecule has 1 aromatic heterocycles. The number of aromatic nitrogens is 1. The molecule has 0 atom stereocenters. The number of hydrogen-bond acceptors (Lipinski definition) is 2. The van der Waals surface area contributed by atoms with Gasteiger partial charge in [0.2, 0.25) is 0 Å². The Morgan fingerprint density at radius 1 is 0.893 bits per heavy atom. The summed E-state index contributed by atoms with van der Waals surface area (Å²) in [6.45, 7) is 2.44.